The first-order valence-electron chi connectivity index (χ1n) is 6.76. The smallest absolute Gasteiger partial charge is 0.123 e. The molecule has 106 valence electrons. The van der Waals surface area contributed by atoms with Crippen molar-refractivity contribution in [3.8, 4) is 5.75 Å². The molecule has 0 amide bonds. The first kappa shape index (κ1) is 15.3. The van der Waals surface area contributed by atoms with Crippen LogP contribution in [-0.2, 0) is 0 Å². The molecule has 20 heavy (non-hydrogen) atoms. The van der Waals surface area contributed by atoms with Gasteiger partial charge in [0.2, 0.25) is 0 Å². The molecule has 2 aromatic carbocycles. The molecular weight excluding hydrogens is 361 g/mol. The quantitative estimate of drug-likeness (QED) is 0.758. The third-order valence-corrected chi connectivity index (χ3v) is 4.19. The largest absolute Gasteiger partial charge is 0.496 e. The highest BCUT2D eigenvalue weighted by Gasteiger charge is 2.14. The zero-order valence-corrected chi connectivity index (χ0v) is 14.2. The second-order valence-corrected chi connectivity index (χ2v) is 6.15. The van der Waals surface area contributed by atoms with Gasteiger partial charge in [-0.1, -0.05) is 30.3 Å². The summed E-state index contributed by atoms with van der Waals surface area (Å²) in [6.45, 7) is 4.36. The van der Waals surface area contributed by atoms with E-state index < -0.39 is 0 Å². The molecule has 1 N–H and O–H groups in total. The van der Waals surface area contributed by atoms with Crippen LogP contribution in [0.1, 0.15) is 37.1 Å². The van der Waals surface area contributed by atoms with Gasteiger partial charge in [-0.05, 0) is 60.2 Å². The summed E-state index contributed by atoms with van der Waals surface area (Å²) in [5.74, 6) is 0.933. The minimum Gasteiger partial charge on any atom is -0.496 e. The van der Waals surface area contributed by atoms with E-state index in [2.05, 4.69) is 72.1 Å². The Labute approximate surface area is 134 Å². The fourth-order valence-electron chi connectivity index (χ4n) is 2.34. The molecular formula is C17H20INO. The molecule has 0 radical (unpaired) electrons. The second-order valence-electron chi connectivity index (χ2n) is 4.90. The van der Waals surface area contributed by atoms with E-state index in [0.717, 1.165) is 5.75 Å². The van der Waals surface area contributed by atoms with E-state index in [1.54, 1.807) is 7.11 Å². The Morgan fingerprint density at radius 3 is 2.25 bits per heavy atom. The zero-order valence-electron chi connectivity index (χ0n) is 12.1. The molecule has 2 aromatic rings. The molecule has 0 aliphatic rings. The van der Waals surface area contributed by atoms with Crippen LogP contribution in [0.3, 0.4) is 0 Å². The Balaban J connectivity index is 2.10. The molecule has 2 nitrogen and oxygen atoms in total. The van der Waals surface area contributed by atoms with Gasteiger partial charge in [-0.15, -0.1) is 0 Å². The second kappa shape index (κ2) is 7.09. The van der Waals surface area contributed by atoms with Crippen molar-refractivity contribution in [1.29, 1.82) is 0 Å². The molecule has 0 heterocycles. The number of hydrogen-bond donors (Lipinski definition) is 1. The van der Waals surface area contributed by atoms with E-state index in [4.69, 9.17) is 4.74 Å². The van der Waals surface area contributed by atoms with E-state index in [1.807, 2.05) is 18.2 Å². The van der Waals surface area contributed by atoms with Crippen molar-refractivity contribution < 1.29 is 4.74 Å². The highest BCUT2D eigenvalue weighted by molar-refractivity contribution is 14.1. The third-order valence-electron chi connectivity index (χ3n) is 3.48. The predicted octanol–water partition coefficient (Wildman–Crippen LogP) is 4.71. The Morgan fingerprint density at radius 1 is 0.950 bits per heavy atom. The van der Waals surface area contributed by atoms with Crippen molar-refractivity contribution in [2.45, 2.75) is 25.9 Å². The number of hydrogen-bond acceptors (Lipinski definition) is 2. The van der Waals surface area contributed by atoms with Gasteiger partial charge in [0, 0.05) is 21.2 Å². The highest BCUT2D eigenvalue weighted by Crippen LogP contribution is 2.26. The van der Waals surface area contributed by atoms with Crippen LogP contribution in [0.2, 0.25) is 0 Å². The van der Waals surface area contributed by atoms with Gasteiger partial charge in [0.15, 0.2) is 0 Å². The van der Waals surface area contributed by atoms with Crippen LogP contribution in [0.4, 0.5) is 0 Å². The van der Waals surface area contributed by atoms with Gasteiger partial charge < -0.3 is 10.1 Å². The standard InChI is InChI=1S/C17H20INO/c1-12(14-8-10-15(18)11-9-14)19-13(2)16-6-4-5-7-17(16)20-3/h4-13,19H,1-3H3/t12?,13-/m0/s1. The van der Waals surface area contributed by atoms with Crippen molar-refractivity contribution in [2.24, 2.45) is 0 Å². The van der Waals surface area contributed by atoms with Gasteiger partial charge in [0.05, 0.1) is 7.11 Å². The number of nitrogens with one attached hydrogen (secondary N) is 1. The van der Waals surface area contributed by atoms with Crippen LogP contribution in [0, 0.1) is 3.57 Å². The summed E-state index contributed by atoms with van der Waals surface area (Å²) < 4.78 is 6.69. The lowest BCUT2D eigenvalue weighted by atomic mass is 10.0. The van der Waals surface area contributed by atoms with Gasteiger partial charge in [0.25, 0.3) is 0 Å². The van der Waals surface area contributed by atoms with Crippen LogP contribution >= 0.6 is 22.6 Å². The van der Waals surface area contributed by atoms with E-state index >= 15 is 0 Å². The number of methoxy groups -OCH3 is 1. The summed E-state index contributed by atoms with van der Waals surface area (Å²) in [7, 11) is 1.72. The lowest BCUT2D eigenvalue weighted by Gasteiger charge is -2.22. The van der Waals surface area contributed by atoms with Crippen molar-refractivity contribution >= 4 is 22.6 Å². The summed E-state index contributed by atoms with van der Waals surface area (Å²) >= 11 is 2.33. The van der Waals surface area contributed by atoms with Crippen LogP contribution in [0.25, 0.3) is 0 Å². The molecule has 2 rings (SSSR count). The van der Waals surface area contributed by atoms with Gasteiger partial charge in [-0.3, -0.25) is 0 Å². The molecule has 0 saturated heterocycles. The maximum Gasteiger partial charge on any atom is 0.123 e. The molecule has 0 bridgehead atoms. The van der Waals surface area contributed by atoms with E-state index in [0.29, 0.717) is 6.04 Å². The molecule has 0 aliphatic heterocycles. The van der Waals surface area contributed by atoms with Crippen LogP contribution < -0.4 is 10.1 Å². The normalized spacial score (nSPS) is 13.8. The third kappa shape index (κ3) is 3.73. The van der Waals surface area contributed by atoms with E-state index in [-0.39, 0.29) is 6.04 Å². The zero-order chi connectivity index (χ0) is 14.5. The van der Waals surface area contributed by atoms with E-state index in [9.17, 15) is 0 Å². The topological polar surface area (TPSA) is 21.3 Å². The number of ether oxygens (including phenoxy) is 1. The summed E-state index contributed by atoms with van der Waals surface area (Å²) in [6.07, 6.45) is 0. The van der Waals surface area contributed by atoms with Crippen molar-refractivity contribution in [3.63, 3.8) is 0 Å². The number of benzene rings is 2. The maximum atomic E-state index is 5.43. The molecule has 3 heteroatoms. The lowest BCUT2D eigenvalue weighted by molar-refractivity contribution is 0.396. The lowest BCUT2D eigenvalue weighted by Crippen LogP contribution is -2.22. The van der Waals surface area contributed by atoms with Crippen molar-refractivity contribution in [1.82, 2.24) is 5.32 Å². The Morgan fingerprint density at radius 2 is 1.60 bits per heavy atom. The van der Waals surface area contributed by atoms with Crippen molar-refractivity contribution in [3.05, 3.63) is 63.2 Å². The van der Waals surface area contributed by atoms with Gasteiger partial charge in [-0.25, -0.2) is 0 Å². The molecule has 2 atom stereocenters. The number of halogens is 1. The minimum atomic E-state index is 0.237. The average molecular weight is 381 g/mol. The van der Waals surface area contributed by atoms with Crippen LogP contribution in [-0.4, -0.2) is 7.11 Å². The maximum absolute atomic E-state index is 5.43. The average Bonchev–Trinajstić information content (AvgIpc) is 2.47. The van der Waals surface area contributed by atoms with Crippen LogP contribution in [0.15, 0.2) is 48.5 Å². The van der Waals surface area contributed by atoms with E-state index in [1.165, 1.54) is 14.7 Å². The van der Waals surface area contributed by atoms with Crippen molar-refractivity contribution in [2.75, 3.05) is 7.11 Å². The minimum absolute atomic E-state index is 0.237. The van der Waals surface area contributed by atoms with Crippen LogP contribution in [0.5, 0.6) is 5.75 Å². The fraction of sp³-hybridized carbons (Fsp3) is 0.294. The summed E-state index contributed by atoms with van der Waals surface area (Å²) in [5.41, 5.74) is 2.49. The number of para-hydroxylation sites is 1. The van der Waals surface area contributed by atoms with Gasteiger partial charge >= 0.3 is 0 Å². The fourth-order valence-corrected chi connectivity index (χ4v) is 2.70. The summed E-state index contributed by atoms with van der Waals surface area (Å²) in [6, 6.07) is 17.3. The molecule has 0 saturated carbocycles. The SMILES string of the molecule is COc1ccccc1[C@H](C)NC(C)c1ccc(I)cc1. The molecule has 0 spiro atoms. The van der Waals surface area contributed by atoms with Gasteiger partial charge in [0.1, 0.15) is 5.75 Å². The Bertz CT molecular complexity index is 553. The summed E-state index contributed by atoms with van der Waals surface area (Å²) in [5, 5.41) is 3.62. The Kier molecular flexibility index (Phi) is 5.43. The van der Waals surface area contributed by atoms with Gasteiger partial charge in [-0.2, -0.15) is 0 Å². The molecule has 0 fully saturated rings. The predicted molar refractivity (Wildman–Crippen MR) is 92.1 cm³/mol. The molecule has 1 unspecified atom stereocenters. The monoisotopic (exact) mass is 381 g/mol. The first-order valence-corrected chi connectivity index (χ1v) is 7.84. The summed E-state index contributed by atoms with van der Waals surface area (Å²) in [4.78, 5) is 0. The Hall–Kier alpha value is -1.07. The molecule has 0 aliphatic carbocycles. The first-order chi connectivity index (χ1) is 9.61. The molecule has 0 aromatic heterocycles. The number of rotatable bonds is 5. The highest BCUT2D eigenvalue weighted by atomic mass is 127.